The van der Waals surface area contributed by atoms with Crippen LogP contribution in [0.4, 0.5) is 5.69 Å². The fourth-order valence-corrected chi connectivity index (χ4v) is 3.15. The van der Waals surface area contributed by atoms with E-state index < -0.39 is 0 Å². The van der Waals surface area contributed by atoms with Gasteiger partial charge in [-0.2, -0.15) is 0 Å². The molecule has 1 heterocycles. The van der Waals surface area contributed by atoms with Crippen LogP contribution in [0.25, 0.3) is 22.4 Å². The first-order chi connectivity index (χ1) is 8.61. The molecule has 90 valence electrons. The van der Waals surface area contributed by atoms with Crippen LogP contribution in [0.3, 0.4) is 0 Å². The maximum absolute atomic E-state index is 5.76. The fraction of sp³-hybridized carbons (Fsp3) is 0. The second-order valence-corrected chi connectivity index (χ2v) is 5.85. The number of nitrogens with two attached hydrogens (primary N) is 1. The van der Waals surface area contributed by atoms with Gasteiger partial charge >= 0.3 is 0 Å². The van der Waals surface area contributed by atoms with Crippen LogP contribution in [0, 0.1) is 0 Å². The molecule has 0 aliphatic carbocycles. The van der Waals surface area contributed by atoms with Crippen LogP contribution in [0.1, 0.15) is 0 Å². The molecule has 5 heteroatoms. The predicted octanol–water partition coefficient (Wildman–Crippen LogP) is 4.34. The summed E-state index contributed by atoms with van der Waals surface area (Å²) < 4.78 is 2.01. The Balaban J connectivity index is 2.19. The number of hydrogen-bond acceptors (Lipinski definition) is 2. The zero-order valence-corrected chi connectivity index (χ0v) is 12.4. The number of H-pyrrole nitrogens is 1. The smallest absolute Gasteiger partial charge is 0.138 e. The Morgan fingerprint density at radius 3 is 2.44 bits per heavy atom. The average Bonchev–Trinajstić information content (AvgIpc) is 2.70. The highest BCUT2D eigenvalue weighted by molar-refractivity contribution is 9.11. The second kappa shape index (κ2) is 4.40. The van der Waals surface area contributed by atoms with E-state index in [1.54, 1.807) is 0 Å². The van der Waals surface area contributed by atoms with E-state index in [-0.39, 0.29) is 0 Å². The van der Waals surface area contributed by atoms with Gasteiger partial charge in [-0.1, -0.05) is 31.9 Å². The molecule has 1 aromatic heterocycles. The van der Waals surface area contributed by atoms with Gasteiger partial charge in [-0.15, -0.1) is 0 Å². The number of halogens is 2. The molecular formula is C13H9Br2N3. The van der Waals surface area contributed by atoms with Crippen molar-refractivity contribution in [2.45, 2.75) is 0 Å². The summed E-state index contributed by atoms with van der Waals surface area (Å²) in [6, 6.07) is 11.7. The third-order valence-electron chi connectivity index (χ3n) is 2.64. The molecule has 3 aromatic rings. The number of rotatable bonds is 1. The van der Waals surface area contributed by atoms with E-state index in [1.165, 1.54) is 0 Å². The van der Waals surface area contributed by atoms with Crippen molar-refractivity contribution >= 4 is 48.6 Å². The summed E-state index contributed by atoms with van der Waals surface area (Å²) in [4.78, 5) is 7.83. The largest absolute Gasteiger partial charge is 0.399 e. The van der Waals surface area contributed by atoms with Crippen molar-refractivity contribution in [1.82, 2.24) is 9.97 Å². The van der Waals surface area contributed by atoms with Gasteiger partial charge in [-0.25, -0.2) is 4.98 Å². The van der Waals surface area contributed by atoms with E-state index in [0.717, 1.165) is 37.1 Å². The Kier molecular flexibility index (Phi) is 2.87. The van der Waals surface area contributed by atoms with Gasteiger partial charge in [0.05, 0.1) is 11.0 Å². The maximum Gasteiger partial charge on any atom is 0.138 e. The molecule has 0 saturated heterocycles. The number of nitrogens with one attached hydrogen (secondary N) is 1. The van der Waals surface area contributed by atoms with Crippen LogP contribution in [0.15, 0.2) is 45.3 Å². The normalized spacial score (nSPS) is 11.0. The molecule has 3 nitrogen and oxygen atoms in total. The zero-order valence-electron chi connectivity index (χ0n) is 9.24. The molecule has 18 heavy (non-hydrogen) atoms. The first-order valence-corrected chi connectivity index (χ1v) is 6.92. The molecule has 0 bridgehead atoms. The Bertz CT molecular complexity index is 714. The van der Waals surface area contributed by atoms with Crippen molar-refractivity contribution in [2.75, 3.05) is 5.73 Å². The van der Waals surface area contributed by atoms with E-state index in [2.05, 4.69) is 41.8 Å². The van der Waals surface area contributed by atoms with E-state index >= 15 is 0 Å². The minimum atomic E-state index is 0.730. The van der Waals surface area contributed by atoms with Crippen molar-refractivity contribution < 1.29 is 0 Å². The van der Waals surface area contributed by atoms with E-state index in [1.807, 2.05) is 36.4 Å². The fourth-order valence-electron chi connectivity index (χ4n) is 1.85. The lowest BCUT2D eigenvalue weighted by Gasteiger charge is -1.99. The molecule has 0 spiro atoms. The summed E-state index contributed by atoms with van der Waals surface area (Å²) in [6.07, 6.45) is 0. The quantitative estimate of drug-likeness (QED) is 0.629. The first-order valence-electron chi connectivity index (χ1n) is 5.33. The summed E-state index contributed by atoms with van der Waals surface area (Å²) in [6.45, 7) is 0. The molecule has 3 rings (SSSR count). The average molecular weight is 367 g/mol. The van der Waals surface area contributed by atoms with Crippen molar-refractivity contribution in [1.29, 1.82) is 0 Å². The number of aromatic amines is 1. The zero-order chi connectivity index (χ0) is 12.7. The second-order valence-electron chi connectivity index (χ2n) is 4.02. The predicted molar refractivity (Wildman–Crippen MR) is 81.3 cm³/mol. The van der Waals surface area contributed by atoms with Gasteiger partial charge in [-0.05, 0) is 36.4 Å². The van der Waals surface area contributed by atoms with Crippen LogP contribution in [0.5, 0.6) is 0 Å². The number of fused-ring (bicyclic) bond motifs is 1. The topological polar surface area (TPSA) is 54.7 Å². The molecule has 0 saturated carbocycles. The third kappa shape index (κ3) is 2.15. The summed E-state index contributed by atoms with van der Waals surface area (Å²) in [5.74, 6) is 0.831. The highest BCUT2D eigenvalue weighted by Crippen LogP contribution is 2.27. The molecule has 3 N–H and O–H groups in total. The van der Waals surface area contributed by atoms with Gasteiger partial charge < -0.3 is 10.7 Å². The van der Waals surface area contributed by atoms with Gasteiger partial charge in [-0.3, -0.25) is 0 Å². The van der Waals surface area contributed by atoms with Crippen LogP contribution >= 0.6 is 31.9 Å². The number of aromatic nitrogens is 2. The molecular weight excluding hydrogens is 358 g/mol. The summed E-state index contributed by atoms with van der Waals surface area (Å²) in [7, 11) is 0. The van der Waals surface area contributed by atoms with E-state index in [9.17, 15) is 0 Å². The van der Waals surface area contributed by atoms with Gasteiger partial charge in [0.1, 0.15) is 5.82 Å². The lowest BCUT2D eigenvalue weighted by atomic mass is 10.2. The minimum Gasteiger partial charge on any atom is -0.399 e. The number of hydrogen-bond donors (Lipinski definition) is 2. The number of benzene rings is 2. The minimum absolute atomic E-state index is 0.730. The highest BCUT2D eigenvalue weighted by Gasteiger charge is 2.07. The SMILES string of the molecule is Nc1ccc2nc(-c3cc(Br)cc(Br)c3)[nH]c2c1. The van der Waals surface area contributed by atoms with Gasteiger partial charge in [0.25, 0.3) is 0 Å². The van der Waals surface area contributed by atoms with E-state index in [4.69, 9.17) is 5.73 Å². The van der Waals surface area contributed by atoms with Crippen molar-refractivity contribution in [3.05, 3.63) is 45.3 Å². The molecule has 0 fully saturated rings. The standard InChI is InChI=1S/C13H9Br2N3/c14-8-3-7(4-9(15)5-8)13-17-11-2-1-10(16)6-12(11)18-13/h1-6H,16H2,(H,17,18). The molecule has 0 unspecified atom stereocenters. The van der Waals surface area contributed by atoms with Crippen LogP contribution in [0.2, 0.25) is 0 Å². The lowest BCUT2D eigenvalue weighted by molar-refractivity contribution is 1.33. The van der Waals surface area contributed by atoms with Crippen LogP contribution < -0.4 is 5.73 Å². The molecule has 0 atom stereocenters. The molecule has 0 aliphatic rings. The van der Waals surface area contributed by atoms with Crippen LogP contribution in [-0.2, 0) is 0 Å². The van der Waals surface area contributed by atoms with Gasteiger partial charge in [0, 0.05) is 20.2 Å². The molecule has 0 amide bonds. The lowest BCUT2D eigenvalue weighted by Crippen LogP contribution is -1.82. The summed E-state index contributed by atoms with van der Waals surface area (Å²) in [5.41, 5.74) is 9.36. The molecule has 0 radical (unpaired) electrons. The molecule has 0 aliphatic heterocycles. The molecule has 2 aromatic carbocycles. The number of nitrogens with zero attached hydrogens (tertiary/aromatic N) is 1. The van der Waals surface area contributed by atoms with Crippen LogP contribution in [-0.4, -0.2) is 9.97 Å². The van der Waals surface area contributed by atoms with Crippen molar-refractivity contribution in [2.24, 2.45) is 0 Å². The highest BCUT2D eigenvalue weighted by atomic mass is 79.9. The summed E-state index contributed by atoms with van der Waals surface area (Å²) in [5, 5.41) is 0. The number of nitrogen functional groups attached to an aromatic ring is 1. The Morgan fingerprint density at radius 1 is 1.00 bits per heavy atom. The Labute approximate surface area is 121 Å². The Hall–Kier alpha value is -1.33. The first kappa shape index (κ1) is 11.7. The van der Waals surface area contributed by atoms with Gasteiger partial charge in [0.15, 0.2) is 0 Å². The van der Waals surface area contributed by atoms with Gasteiger partial charge in [0.2, 0.25) is 0 Å². The van der Waals surface area contributed by atoms with Crippen molar-refractivity contribution in [3.63, 3.8) is 0 Å². The van der Waals surface area contributed by atoms with Crippen molar-refractivity contribution in [3.8, 4) is 11.4 Å². The Morgan fingerprint density at radius 2 is 1.72 bits per heavy atom. The number of anilines is 1. The monoisotopic (exact) mass is 365 g/mol. The third-order valence-corrected chi connectivity index (χ3v) is 3.56. The number of imidazole rings is 1. The summed E-state index contributed by atoms with van der Waals surface area (Å²) >= 11 is 6.95. The maximum atomic E-state index is 5.76. The van der Waals surface area contributed by atoms with E-state index in [0.29, 0.717) is 0 Å².